The third-order valence-corrected chi connectivity index (χ3v) is 2.30. The second-order valence-corrected chi connectivity index (χ2v) is 4.05. The molecule has 0 bridgehead atoms. The predicted octanol–water partition coefficient (Wildman–Crippen LogP) is 3.15. The van der Waals surface area contributed by atoms with E-state index in [1.165, 1.54) is 0 Å². The standard InChI is InChI=1S/C15H22O4/c1-3-5-7-18-14-10-13(16)11-15(12-14)19-9-8-17-6-4-2/h3,10-12,16H,1,4-9H2,2H3. The number of rotatable bonds is 10. The van der Waals surface area contributed by atoms with Crippen molar-refractivity contribution < 1.29 is 19.3 Å². The van der Waals surface area contributed by atoms with Gasteiger partial charge in [0.2, 0.25) is 0 Å². The van der Waals surface area contributed by atoms with E-state index in [-0.39, 0.29) is 5.75 Å². The van der Waals surface area contributed by atoms with Gasteiger partial charge in [0.05, 0.1) is 13.2 Å². The fourth-order valence-corrected chi connectivity index (χ4v) is 1.45. The van der Waals surface area contributed by atoms with Gasteiger partial charge in [-0.15, -0.1) is 6.58 Å². The number of phenolic OH excluding ortho intramolecular Hbond substituents is 1. The molecule has 0 aliphatic rings. The minimum absolute atomic E-state index is 0.126. The van der Waals surface area contributed by atoms with E-state index in [9.17, 15) is 5.11 Å². The van der Waals surface area contributed by atoms with Gasteiger partial charge in [-0.05, 0) is 12.8 Å². The topological polar surface area (TPSA) is 47.9 Å². The average Bonchev–Trinajstić information content (AvgIpc) is 2.38. The second-order valence-electron chi connectivity index (χ2n) is 4.05. The smallest absolute Gasteiger partial charge is 0.126 e. The lowest BCUT2D eigenvalue weighted by Gasteiger charge is -2.10. The van der Waals surface area contributed by atoms with Gasteiger partial charge >= 0.3 is 0 Å². The summed E-state index contributed by atoms with van der Waals surface area (Å²) in [6.45, 7) is 7.94. The van der Waals surface area contributed by atoms with Crippen molar-refractivity contribution in [1.82, 2.24) is 0 Å². The molecule has 0 atom stereocenters. The minimum atomic E-state index is 0.126. The Morgan fingerprint density at radius 2 is 1.74 bits per heavy atom. The van der Waals surface area contributed by atoms with Crippen LogP contribution >= 0.6 is 0 Å². The molecule has 0 aliphatic carbocycles. The van der Waals surface area contributed by atoms with Gasteiger partial charge in [-0.1, -0.05) is 13.0 Å². The van der Waals surface area contributed by atoms with Crippen molar-refractivity contribution in [2.24, 2.45) is 0 Å². The molecule has 1 aromatic rings. The Labute approximate surface area is 114 Å². The minimum Gasteiger partial charge on any atom is -0.508 e. The highest BCUT2D eigenvalue weighted by molar-refractivity contribution is 5.41. The molecule has 0 saturated heterocycles. The summed E-state index contributed by atoms with van der Waals surface area (Å²) in [5.41, 5.74) is 0. The Bertz CT molecular complexity index is 376. The van der Waals surface area contributed by atoms with E-state index in [1.54, 1.807) is 24.3 Å². The van der Waals surface area contributed by atoms with Crippen molar-refractivity contribution in [3.8, 4) is 17.2 Å². The molecule has 4 nitrogen and oxygen atoms in total. The van der Waals surface area contributed by atoms with Crippen LogP contribution in [0.15, 0.2) is 30.9 Å². The Kier molecular flexibility index (Phi) is 7.51. The van der Waals surface area contributed by atoms with Gasteiger partial charge in [0.1, 0.15) is 23.9 Å². The van der Waals surface area contributed by atoms with Crippen LogP contribution in [0.3, 0.4) is 0 Å². The Hall–Kier alpha value is -1.68. The molecule has 1 N–H and O–H groups in total. The Balaban J connectivity index is 2.41. The van der Waals surface area contributed by atoms with Gasteiger partial charge in [0.25, 0.3) is 0 Å². The van der Waals surface area contributed by atoms with E-state index < -0.39 is 0 Å². The zero-order chi connectivity index (χ0) is 13.9. The largest absolute Gasteiger partial charge is 0.508 e. The molecule has 0 saturated carbocycles. The molecule has 0 amide bonds. The number of ether oxygens (including phenoxy) is 3. The summed E-state index contributed by atoms with van der Waals surface area (Å²) in [4.78, 5) is 0. The van der Waals surface area contributed by atoms with Crippen molar-refractivity contribution in [3.63, 3.8) is 0 Å². The first-order valence-corrected chi connectivity index (χ1v) is 6.54. The maximum absolute atomic E-state index is 9.58. The molecule has 0 heterocycles. The van der Waals surface area contributed by atoms with Crippen molar-refractivity contribution in [3.05, 3.63) is 30.9 Å². The number of aromatic hydroxyl groups is 1. The first-order valence-electron chi connectivity index (χ1n) is 6.54. The van der Waals surface area contributed by atoms with Crippen LogP contribution in [0.1, 0.15) is 19.8 Å². The van der Waals surface area contributed by atoms with Gasteiger partial charge in [0, 0.05) is 24.8 Å². The van der Waals surface area contributed by atoms with Crippen molar-refractivity contribution >= 4 is 0 Å². The lowest BCUT2D eigenvalue weighted by Crippen LogP contribution is -2.07. The number of benzene rings is 1. The maximum atomic E-state index is 9.58. The van der Waals surface area contributed by atoms with E-state index in [1.807, 2.05) is 0 Å². The zero-order valence-corrected chi connectivity index (χ0v) is 11.4. The van der Waals surface area contributed by atoms with E-state index in [0.29, 0.717) is 31.3 Å². The molecule has 0 unspecified atom stereocenters. The first-order chi connectivity index (χ1) is 9.26. The highest BCUT2D eigenvalue weighted by atomic mass is 16.5. The SMILES string of the molecule is C=CCCOc1cc(O)cc(OCCOCCC)c1. The zero-order valence-electron chi connectivity index (χ0n) is 11.4. The van der Waals surface area contributed by atoms with E-state index in [2.05, 4.69) is 13.5 Å². The maximum Gasteiger partial charge on any atom is 0.126 e. The first kappa shape index (κ1) is 15.4. The lowest BCUT2D eigenvalue weighted by molar-refractivity contribution is 0.100. The highest BCUT2D eigenvalue weighted by Gasteiger charge is 2.02. The highest BCUT2D eigenvalue weighted by Crippen LogP contribution is 2.26. The summed E-state index contributed by atoms with van der Waals surface area (Å²) >= 11 is 0. The summed E-state index contributed by atoms with van der Waals surface area (Å²) in [6.07, 6.45) is 3.54. The molecule has 0 fully saturated rings. The monoisotopic (exact) mass is 266 g/mol. The van der Waals surface area contributed by atoms with Gasteiger partial charge in [-0.2, -0.15) is 0 Å². The molecule has 0 radical (unpaired) electrons. The molecule has 0 aromatic heterocycles. The van der Waals surface area contributed by atoms with Crippen molar-refractivity contribution in [2.45, 2.75) is 19.8 Å². The summed E-state index contributed by atoms with van der Waals surface area (Å²) in [6, 6.07) is 4.87. The Morgan fingerprint density at radius 3 is 2.37 bits per heavy atom. The summed E-state index contributed by atoms with van der Waals surface area (Å²) in [5.74, 6) is 1.29. The van der Waals surface area contributed by atoms with Crippen LogP contribution in [0, 0.1) is 0 Å². The van der Waals surface area contributed by atoms with Gasteiger partial charge < -0.3 is 19.3 Å². The molecule has 0 spiro atoms. The van der Waals surface area contributed by atoms with Crippen LogP contribution in [0.2, 0.25) is 0 Å². The van der Waals surface area contributed by atoms with Crippen molar-refractivity contribution in [1.29, 1.82) is 0 Å². The quantitative estimate of drug-likeness (QED) is 0.522. The van der Waals surface area contributed by atoms with E-state index >= 15 is 0 Å². The third kappa shape index (κ3) is 6.72. The molecule has 1 aromatic carbocycles. The Morgan fingerprint density at radius 1 is 1.05 bits per heavy atom. The molecule has 0 aliphatic heterocycles. The second kappa shape index (κ2) is 9.28. The van der Waals surface area contributed by atoms with E-state index in [4.69, 9.17) is 14.2 Å². The van der Waals surface area contributed by atoms with Gasteiger partial charge in [-0.3, -0.25) is 0 Å². The molecule has 19 heavy (non-hydrogen) atoms. The molecule has 4 heteroatoms. The van der Waals surface area contributed by atoms with Crippen LogP contribution in [0.25, 0.3) is 0 Å². The summed E-state index contributed by atoms with van der Waals surface area (Å²) < 4.78 is 16.3. The molecule has 1 rings (SSSR count). The molecular formula is C15H22O4. The lowest BCUT2D eigenvalue weighted by atomic mass is 10.3. The average molecular weight is 266 g/mol. The summed E-state index contributed by atoms with van der Waals surface area (Å²) in [5, 5.41) is 9.58. The molecular weight excluding hydrogens is 244 g/mol. The predicted molar refractivity (Wildman–Crippen MR) is 75.0 cm³/mol. The fourth-order valence-electron chi connectivity index (χ4n) is 1.45. The summed E-state index contributed by atoms with van der Waals surface area (Å²) in [7, 11) is 0. The third-order valence-electron chi connectivity index (χ3n) is 2.30. The van der Waals surface area contributed by atoms with Gasteiger partial charge in [-0.25, -0.2) is 0 Å². The van der Waals surface area contributed by atoms with Gasteiger partial charge in [0.15, 0.2) is 0 Å². The number of hydrogen-bond donors (Lipinski definition) is 1. The van der Waals surface area contributed by atoms with Crippen LogP contribution in [0.5, 0.6) is 17.2 Å². The van der Waals surface area contributed by atoms with Crippen molar-refractivity contribution in [2.75, 3.05) is 26.4 Å². The number of hydrogen-bond acceptors (Lipinski definition) is 4. The van der Waals surface area contributed by atoms with E-state index in [0.717, 1.165) is 19.4 Å². The van der Waals surface area contributed by atoms with Crippen LogP contribution in [-0.2, 0) is 4.74 Å². The van der Waals surface area contributed by atoms with Crippen LogP contribution in [0.4, 0.5) is 0 Å². The molecule has 106 valence electrons. The normalized spacial score (nSPS) is 10.2. The fraction of sp³-hybridized carbons (Fsp3) is 0.467. The van der Waals surface area contributed by atoms with Crippen LogP contribution in [-0.4, -0.2) is 31.5 Å². The number of phenols is 1. The van der Waals surface area contributed by atoms with Crippen LogP contribution < -0.4 is 9.47 Å².